The first-order valence-corrected chi connectivity index (χ1v) is 9.36. The van der Waals surface area contributed by atoms with Crippen LogP contribution < -0.4 is 10.6 Å². The highest BCUT2D eigenvalue weighted by atomic mass is 16.5. The number of benzene rings is 1. The minimum atomic E-state index is -0.112. The van der Waals surface area contributed by atoms with E-state index in [1.807, 2.05) is 6.92 Å². The molecule has 1 aliphatic rings. The molecule has 138 valence electrons. The molecule has 1 aliphatic carbocycles. The van der Waals surface area contributed by atoms with Crippen LogP contribution >= 0.6 is 0 Å². The molecule has 0 bridgehead atoms. The Kier molecular flexibility index (Phi) is 7.76. The lowest BCUT2D eigenvalue weighted by Gasteiger charge is -2.28. The zero-order valence-electron chi connectivity index (χ0n) is 15.3. The lowest BCUT2D eigenvalue weighted by molar-refractivity contribution is -0.150. The molecule has 2 amide bonds. The Hall–Kier alpha value is -2.04. The highest BCUT2D eigenvalue weighted by molar-refractivity contribution is 5.74. The fraction of sp³-hybridized carbons (Fsp3) is 0.600. The van der Waals surface area contributed by atoms with Crippen LogP contribution in [0.25, 0.3) is 0 Å². The summed E-state index contributed by atoms with van der Waals surface area (Å²) < 4.78 is 5.58. The number of rotatable bonds is 7. The lowest BCUT2D eigenvalue weighted by atomic mass is 9.93. The second kappa shape index (κ2) is 10.1. The summed E-state index contributed by atoms with van der Waals surface area (Å²) in [5, 5.41) is 5.70. The van der Waals surface area contributed by atoms with Crippen LogP contribution in [0.15, 0.2) is 24.3 Å². The summed E-state index contributed by atoms with van der Waals surface area (Å²) in [6.07, 6.45) is 5.54. The van der Waals surface area contributed by atoms with E-state index in [4.69, 9.17) is 4.74 Å². The second-order valence-corrected chi connectivity index (χ2v) is 6.81. The predicted octanol–water partition coefficient (Wildman–Crippen LogP) is 3.49. The summed E-state index contributed by atoms with van der Waals surface area (Å²) in [4.78, 5) is 23.5. The van der Waals surface area contributed by atoms with Gasteiger partial charge in [0.2, 0.25) is 0 Å². The molecular formula is C20H30N2O3. The first kappa shape index (κ1) is 19.3. The predicted molar refractivity (Wildman–Crippen MR) is 98.5 cm³/mol. The number of carbonyl (C=O) groups is 2. The van der Waals surface area contributed by atoms with E-state index in [0.717, 1.165) is 38.5 Å². The van der Waals surface area contributed by atoms with E-state index < -0.39 is 0 Å². The Labute approximate surface area is 150 Å². The van der Waals surface area contributed by atoms with Gasteiger partial charge >= 0.3 is 12.0 Å². The SMILES string of the molecule is CCNC(=O)NC1CCC(OC(=O)CCCc2ccc(C)cc2)CC1. The van der Waals surface area contributed by atoms with Crippen LogP contribution in [-0.4, -0.2) is 30.7 Å². The fourth-order valence-corrected chi connectivity index (χ4v) is 3.16. The zero-order chi connectivity index (χ0) is 18.1. The molecule has 2 rings (SSSR count). The number of urea groups is 1. The number of amides is 2. The van der Waals surface area contributed by atoms with Crippen LogP contribution in [0.3, 0.4) is 0 Å². The first-order chi connectivity index (χ1) is 12.1. The summed E-state index contributed by atoms with van der Waals surface area (Å²) in [7, 11) is 0. The molecule has 1 saturated carbocycles. The van der Waals surface area contributed by atoms with Gasteiger partial charge in [-0.05, 0) is 57.9 Å². The summed E-state index contributed by atoms with van der Waals surface area (Å²) in [5.41, 5.74) is 2.51. The monoisotopic (exact) mass is 346 g/mol. The van der Waals surface area contributed by atoms with Gasteiger partial charge in [0.05, 0.1) is 0 Å². The highest BCUT2D eigenvalue weighted by Crippen LogP contribution is 2.22. The Balaban J connectivity index is 1.60. The van der Waals surface area contributed by atoms with Gasteiger partial charge in [-0.25, -0.2) is 4.79 Å². The molecular weight excluding hydrogens is 316 g/mol. The molecule has 0 radical (unpaired) electrons. The normalized spacial score (nSPS) is 19.9. The zero-order valence-corrected chi connectivity index (χ0v) is 15.3. The molecule has 1 aromatic rings. The van der Waals surface area contributed by atoms with Crippen molar-refractivity contribution < 1.29 is 14.3 Å². The van der Waals surface area contributed by atoms with Gasteiger partial charge in [-0.15, -0.1) is 0 Å². The average molecular weight is 346 g/mol. The molecule has 0 aliphatic heterocycles. The number of carbonyl (C=O) groups excluding carboxylic acids is 2. The van der Waals surface area contributed by atoms with Crippen LogP contribution in [0.4, 0.5) is 4.79 Å². The van der Waals surface area contributed by atoms with Crippen LogP contribution in [-0.2, 0) is 16.0 Å². The van der Waals surface area contributed by atoms with Gasteiger partial charge in [0.15, 0.2) is 0 Å². The van der Waals surface area contributed by atoms with Crippen molar-refractivity contribution in [1.82, 2.24) is 10.6 Å². The summed E-state index contributed by atoms with van der Waals surface area (Å²) in [6, 6.07) is 8.50. The number of aryl methyl sites for hydroxylation is 2. The average Bonchev–Trinajstić information content (AvgIpc) is 2.59. The Morgan fingerprint density at radius 1 is 1.12 bits per heavy atom. The van der Waals surface area contributed by atoms with Gasteiger partial charge in [0, 0.05) is 19.0 Å². The molecule has 25 heavy (non-hydrogen) atoms. The molecule has 2 N–H and O–H groups in total. The Bertz CT molecular complexity index is 549. The van der Waals surface area contributed by atoms with Crippen molar-refractivity contribution in [2.24, 2.45) is 0 Å². The standard InChI is InChI=1S/C20H30N2O3/c1-3-21-20(24)22-17-11-13-18(14-12-17)25-19(23)6-4-5-16-9-7-15(2)8-10-16/h7-10,17-18H,3-6,11-14H2,1-2H3,(H2,21,22,24). The smallest absolute Gasteiger partial charge is 0.314 e. The minimum Gasteiger partial charge on any atom is -0.462 e. The van der Waals surface area contributed by atoms with Gasteiger partial charge in [-0.2, -0.15) is 0 Å². The summed E-state index contributed by atoms with van der Waals surface area (Å²) >= 11 is 0. The minimum absolute atomic E-state index is 0.000777. The van der Waals surface area contributed by atoms with E-state index in [0.29, 0.717) is 13.0 Å². The number of esters is 1. The van der Waals surface area contributed by atoms with Gasteiger partial charge in [0.25, 0.3) is 0 Å². The summed E-state index contributed by atoms with van der Waals surface area (Å²) in [5.74, 6) is -0.104. The topological polar surface area (TPSA) is 67.4 Å². The maximum absolute atomic E-state index is 12.0. The van der Waals surface area contributed by atoms with Gasteiger partial charge < -0.3 is 15.4 Å². The molecule has 0 spiro atoms. The van der Waals surface area contributed by atoms with Crippen LogP contribution in [0, 0.1) is 6.92 Å². The van der Waals surface area contributed by atoms with Crippen molar-refractivity contribution >= 4 is 12.0 Å². The molecule has 1 fully saturated rings. The highest BCUT2D eigenvalue weighted by Gasteiger charge is 2.24. The Morgan fingerprint density at radius 3 is 2.44 bits per heavy atom. The molecule has 0 atom stereocenters. The second-order valence-electron chi connectivity index (χ2n) is 6.81. The van der Waals surface area contributed by atoms with E-state index in [1.165, 1.54) is 11.1 Å². The van der Waals surface area contributed by atoms with E-state index in [9.17, 15) is 9.59 Å². The maximum atomic E-state index is 12.0. The molecule has 0 unspecified atom stereocenters. The third-order valence-corrected chi connectivity index (χ3v) is 4.61. The van der Waals surface area contributed by atoms with Crippen molar-refractivity contribution in [3.63, 3.8) is 0 Å². The van der Waals surface area contributed by atoms with Crippen molar-refractivity contribution in [1.29, 1.82) is 0 Å². The van der Waals surface area contributed by atoms with Crippen LogP contribution in [0.2, 0.25) is 0 Å². The van der Waals surface area contributed by atoms with E-state index in [-0.39, 0.29) is 24.1 Å². The first-order valence-electron chi connectivity index (χ1n) is 9.36. The maximum Gasteiger partial charge on any atom is 0.314 e. The van der Waals surface area contributed by atoms with Gasteiger partial charge in [-0.1, -0.05) is 29.8 Å². The molecule has 0 heterocycles. The van der Waals surface area contributed by atoms with Crippen molar-refractivity contribution in [3.05, 3.63) is 35.4 Å². The van der Waals surface area contributed by atoms with Gasteiger partial charge in [0.1, 0.15) is 6.10 Å². The van der Waals surface area contributed by atoms with Crippen molar-refractivity contribution in [3.8, 4) is 0 Å². The fourth-order valence-electron chi connectivity index (χ4n) is 3.16. The summed E-state index contributed by atoms with van der Waals surface area (Å²) in [6.45, 7) is 4.60. The van der Waals surface area contributed by atoms with Crippen LogP contribution in [0.1, 0.15) is 56.6 Å². The molecule has 0 aromatic heterocycles. The van der Waals surface area contributed by atoms with E-state index in [2.05, 4.69) is 41.8 Å². The third kappa shape index (κ3) is 7.16. The number of ether oxygens (including phenoxy) is 1. The van der Waals surface area contributed by atoms with Crippen molar-refractivity contribution in [2.75, 3.05) is 6.54 Å². The number of hydrogen-bond acceptors (Lipinski definition) is 3. The number of nitrogens with one attached hydrogen (secondary N) is 2. The Morgan fingerprint density at radius 2 is 1.80 bits per heavy atom. The largest absolute Gasteiger partial charge is 0.462 e. The molecule has 5 nitrogen and oxygen atoms in total. The van der Waals surface area contributed by atoms with Gasteiger partial charge in [-0.3, -0.25) is 4.79 Å². The number of hydrogen-bond donors (Lipinski definition) is 2. The molecule has 0 saturated heterocycles. The van der Waals surface area contributed by atoms with E-state index in [1.54, 1.807) is 0 Å². The molecule has 5 heteroatoms. The van der Waals surface area contributed by atoms with Crippen molar-refractivity contribution in [2.45, 2.75) is 70.9 Å². The van der Waals surface area contributed by atoms with E-state index >= 15 is 0 Å². The lowest BCUT2D eigenvalue weighted by Crippen LogP contribution is -2.44. The quantitative estimate of drug-likeness (QED) is 0.743. The third-order valence-electron chi connectivity index (χ3n) is 4.61. The van der Waals surface area contributed by atoms with Crippen LogP contribution in [0.5, 0.6) is 0 Å². The molecule has 1 aromatic carbocycles.